The molecule has 0 aliphatic heterocycles. The van der Waals surface area contributed by atoms with E-state index in [-0.39, 0.29) is 12.2 Å². The second kappa shape index (κ2) is 3.84. The zero-order chi connectivity index (χ0) is 8.97. The van der Waals surface area contributed by atoms with Gasteiger partial charge < -0.3 is 5.11 Å². The van der Waals surface area contributed by atoms with Crippen molar-refractivity contribution in [3.63, 3.8) is 0 Å². The fourth-order valence-corrected chi connectivity index (χ4v) is 0.966. The monoisotopic (exact) mass is 165 g/mol. The van der Waals surface area contributed by atoms with Gasteiger partial charge in [0.1, 0.15) is 5.82 Å². The number of nitrogens with zero attached hydrogens (tertiary/aromatic N) is 1. The van der Waals surface area contributed by atoms with Crippen molar-refractivity contribution in [2.24, 2.45) is 0 Å². The highest BCUT2D eigenvalue weighted by Gasteiger charge is 2.12. The summed E-state index contributed by atoms with van der Waals surface area (Å²) in [7, 11) is 0. The van der Waals surface area contributed by atoms with Gasteiger partial charge in [-0.1, -0.05) is 18.2 Å². The fourth-order valence-electron chi connectivity index (χ4n) is 0.966. The van der Waals surface area contributed by atoms with E-state index in [0.717, 1.165) is 0 Å². The molecule has 0 amide bonds. The Morgan fingerprint density at radius 1 is 1.50 bits per heavy atom. The van der Waals surface area contributed by atoms with Crippen LogP contribution >= 0.6 is 0 Å². The Morgan fingerprint density at radius 2 is 2.17 bits per heavy atom. The number of nitriles is 1. The first-order valence-electron chi connectivity index (χ1n) is 3.54. The van der Waals surface area contributed by atoms with Gasteiger partial charge >= 0.3 is 0 Å². The molecule has 0 heterocycles. The quantitative estimate of drug-likeness (QED) is 0.720. The second-order valence-electron chi connectivity index (χ2n) is 2.39. The molecule has 0 fully saturated rings. The van der Waals surface area contributed by atoms with E-state index in [4.69, 9.17) is 10.4 Å². The van der Waals surface area contributed by atoms with Gasteiger partial charge in [0.2, 0.25) is 0 Å². The van der Waals surface area contributed by atoms with Crippen LogP contribution in [-0.4, -0.2) is 11.7 Å². The first-order chi connectivity index (χ1) is 5.79. The van der Waals surface area contributed by atoms with E-state index in [0.29, 0.717) is 0 Å². The lowest BCUT2D eigenvalue weighted by Crippen LogP contribution is -2.03. The molecule has 1 atom stereocenters. The van der Waals surface area contributed by atoms with E-state index in [1.54, 1.807) is 12.1 Å². The molecule has 1 unspecified atom stereocenters. The molecule has 2 nitrogen and oxygen atoms in total. The Hall–Kier alpha value is -1.40. The van der Waals surface area contributed by atoms with Gasteiger partial charge in [0, 0.05) is 5.56 Å². The van der Waals surface area contributed by atoms with Crippen LogP contribution in [0.1, 0.15) is 11.5 Å². The molecule has 1 N–H and O–H groups in total. The topological polar surface area (TPSA) is 44.0 Å². The molecule has 0 aromatic heterocycles. The molecule has 0 spiro atoms. The minimum Gasteiger partial charge on any atom is -0.395 e. The van der Waals surface area contributed by atoms with E-state index in [9.17, 15) is 4.39 Å². The average Bonchev–Trinajstić information content (AvgIpc) is 2.10. The molecule has 0 bridgehead atoms. The minimum absolute atomic E-state index is 0.252. The highest BCUT2D eigenvalue weighted by molar-refractivity contribution is 5.26. The van der Waals surface area contributed by atoms with Crippen molar-refractivity contribution in [3.05, 3.63) is 35.6 Å². The predicted octanol–water partition coefficient (Wildman–Crippen LogP) is 1.43. The number of benzene rings is 1. The van der Waals surface area contributed by atoms with Crippen molar-refractivity contribution in [3.8, 4) is 6.07 Å². The van der Waals surface area contributed by atoms with Crippen molar-refractivity contribution >= 4 is 0 Å². The van der Waals surface area contributed by atoms with Crippen LogP contribution in [0.25, 0.3) is 0 Å². The van der Waals surface area contributed by atoms with E-state index >= 15 is 0 Å². The van der Waals surface area contributed by atoms with E-state index in [2.05, 4.69) is 0 Å². The summed E-state index contributed by atoms with van der Waals surface area (Å²) >= 11 is 0. The lowest BCUT2D eigenvalue weighted by atomic mass is 10.0. The van der Waals surface area contributed by atoms with Gasteiger partial charge in [-0.05, 0) is 6.07 Å². The van der Waals surface area contributed by atoms with Crippen LogP contribution < -0.4 is 0 Å². The summed E-state index contributed by atoms with van der Waals surface area (Å²) < 4.78 is 13.0. The van der Waals surface area contributed by atoms with Crippen molar-refractivity contribution in [1.29, 1.82) is 5.26 Å². The molecular weight excluding hydrogens is 157 g/mol. The first-order valence-corrected chi connectivity index (χ1v) is 3.54. The average molecular weight is 165 g/mol. The Bertz CT molecular complexity index is 306. The molecule has 3 heteroatoms. The van der Waals surface area contributed by atoms with Gasteiger partial charge in [-0.2, -0.15) is 5.26 Å². The van der Waals surface area contributed by atoms with Crippen LogP contribution in [0.4, 0.5) is 4.39 Å². The highest BCUT2D eigenvalue weighted by Crippen LogP contribution is 2.17. The largest absolute Gasteiger partial charge is 0.395 e. The molecule has 0 radical (unpaired) electrons. The molecule has 1 rings (SSSR count). The molecular formula is C9H8FNO. The maximum atomic E-state index is 13.0. The Kier molecular flexibility index (Phi) is 2.78. The van der Waals surface area contributed by atoms with Crippen LogP contribution in [-0.2, 0) is 0 Å². The summed E-state index contributed by atoms with van der Waals surface area (Å²) in [6.45, 7) is -0.350. The Morgan fingerprint density at radius 3 is 2.67 bits per heavy atom. The Labute approximate surface area is 69.9 Å². The van der Waals surface area contributed by atoms with Crippen molar-refractivity contribution < 1.29 is 9.50 Å². The third kappa shape index (κ3) is 1.60. The SMILES string of the molecule is N#CC(CO)c1ccccc1F. The van der Waals surface area contributed by atoms with Gasteiger partial charge in [0.25, 0.3) is 0 Å². The minimum atomic E-state index is -0.758. The Balaban J connectivity index is 3.02. The van der Waals surface area contributed by atoms with Gasteiger partial charge in [-0.3, -0.25) is 0 Å². The number of aliphatic hydroxyl groups is 1. The molecule has 0 aliphatic rings. The molecule has 12 heavy (non-hydrogen) atoms. The predicted molar refractivity (Wildman–Crippen MR) is 41.8 cm³/mol. The molecule has 0 aliphatic carbocycles. The fraction of sp³-hybridized carbons (Fsp3) is 0.222. The summed E-state index contributed by atoms with van der Waals surface area (Å²) in [4.78, 5) is 0. The third-order valence-electron chi connectivity index (χ3n) is 1.62. The van der Waals surface area contributed by atoms with Crippen LogP contribution in [0, 0.1) is 17.1 Å². The smallest absolute Gasteiger partial charge is 0.127 e. The van der Waals surface area contributed by atoms with Crippen LogP contribution in [0.15, 0.2) is 24.3 Å². The maximum absolute atomic E-state index is 13.0. The maximum Gasteiger partial charge on any atom is 0.127 e. The third-order valence-corrected chi connectivity index (χ3v) is 1.62. The number of aliphatic hydroxyl groups excluding tert-OH is 1. The summed E-state index contributed by atoms with van der Waals surface area (Å²) in [5.41, 5.74) is 0.252. The normalized spacial score (nSPS) is 12.1. The zero-order valence-electron chi connectivity index (χ0n) is 6.37. The number of rotatable bonds is 2. The van der Waals surface area contributed by atoms with Crippen LogP contribution in [0.3, 0.4) is 0 Å². The standard InChI is InChI=1S/C9H8FNO/c10-9-4-2-1-3-8(9)7(5-11)6-12/h1-4,7,12H,6H2. The van der Waals surface area contributed by atoms with E-state index in [1.165, 1.54) is 12.1 Å². The summed E-state index contributed by atoms with van der Waals surface area (Å²) in [5.74, 6) is -1.20. The number of halogens is 1. The number of hydrogen-bond donors (Lipinski definition) is 1. The van der Waals surface area contributed by atoms with Gasteiger partial charge in [-0.15, -0.1) is 0 Å². The summed E-state index contributed by atoms with van der Waals surface area (Å²) in [6, 6.07) is 7.78. The highest BCUT2D eigenvalue weighted by atomic mass is 19.1. The van der Waals surface area contributed by atoms with E-state index in [1.807, 2.05) is 6.07 Å². The first kappa shape index (κ1) is 8.69. The number of hydrogen-bond acceptors (Lipinski definition) is 2. The second-order valence-corrected chi connectivity index (χ2v) is 2.39. The molecule has 1 aromatic carbocycles. The summed E-state index contributed by atoms with van der Waals surface area (Å²) in [5, 5.41) is 17.2. The van der Waals surface area contributed by atoms with Crippen molar-refractivity contribution in [2.45, 2.75) is 5.92 Å². The molecule has 62 valence electrons. The zero-order valence-corrected chi connectivity index (χ0v) is 6.37. The van der Waals surface area contributed by atoms with E-state index < -0.39 is 11.7 Å². The van der Waals surface area contributed by atoms with Gasteiger partial charge in [-0.25, -0.2) is 4.39 Å². The lowest BCUT2D eigenvalue weighted by Gasteiger charge is -2.05. The van der Waals surface area contributed by atoms with Gasteiger partial charge in [0.15, 0.2) is 0 Å². The summed E-state index contributed by atoms with van der Waals surface area (Å²) in [6.07, 6.45) is 0. The van der Waals surface area contributed by atoms with Crippen LogP contribution in [0.5, 0.6) is 0 Å². The lowest BCUT2D eigenvalue weighted by molar-refractivity contribution is 0.283. The van der Waals surface area contributed by atoms with Gasteiger partial charge in [0.05, 0.1) is 18.6 Å². The van der Waals surface area contributed by atoms with Crippen molar-refractivity contribution in [1.82, 2.24) is 0 Å². The molecule has 0 saturated carbocycles. The molecule has 0 saturated heterocycles. The molecule has 1 aromatic rings. The van der Waals surface area contributed by atoms with Crippen LogP contribution in [0.2, 0.25) is 0 Å². The van der Waals surface area contributed by atoms with Crippen molar-refractivity contribution in [2.75, 3.05) is 6.61 Å².